The lowest BCUT2D eigenvalue weighted by Crippen LogP contribution is -2.28. The first-order chi connectivity index (χ1) is 10.8. The molecule has 7 heteroatoms. The van der Waals surface area contributed by atoms with Crippen LogP contribution in [0, 0.1) is 0 Å². The van der Waals surface area contributed by atoms with Crippen molar-refractivity contribution >= 4 is 11.7 Å². The summed E-state index contributed by atoms with van der Waals surface area (Å²) in [5, 5.41) is 14.1. The fourth-order valence-corrected chi connectivity index (χ4v) is 1.91. The molecular weight excluding hydrogens is 282 g/mol. The number of hydrogen-bond acceptors (Lipinski definition) is 5. The Balaban J connectivity index is 1.45. The van der Waals surface area contributed by atoms with Crippen LogP contribution >= 0.6 is 0 Å². The second-order valence-electron chi connectivity index (χ2n) is 4.56. The number of anilines is 1. The molecule has 2 N–H and O–H groups in total. The van der Waals surface area contributed by atoms with Crippen molar-refractivity contribution in [3.8, 4) is 5.82 Å². The zero-order valence-electron chi connectivity index (χ0n) is 11.8. The van der Waals surface area contributed by atoms with Crippen molar-refractivity contribution in [3.63, 3.8) is 0 Å². The van der Waals surface area contributed by atoms with Crippen LogP contribution in [-0.2, 0) is 0 Å². The highest BCUT2D eigenvalue weighted by atomic mass is 16.3. The number of aromatic nitrogens is 3. The third-order valence-corrected chi connectivity index (χ3v) is 3.02. The summed E-state index contributed by atoms with van der Waals surface area (Å²) >= 11 is 0. The lowest BCUT2D eigenvalue weighted by molar-refractivity contribution is 0.0954. The Morgan fingerprint density at radius 2 is 2.00 bits per heavy atom. The highest BCUT2D eigenvalue weighted by Crippen LogP contribution is 2.06. The predicted molar refractivity (Wildman–Crippen MR) is 80.9 cm³/mol. The van der Waals surface area contributed by atoms with Crippen LogP contribution in [0.2, 0.25) is 0 Å². The van der Waals surface area contributed by atoms with Gasteiger partial charge in [0.15, 0.2) is 5.82 Å². The number of carbonyl (C=O) groups excluding carboxylic acids is 1. The van der Waals surface area contributed by atoms with Crippen molar-refractivity contribution in [2.24, 2.45) is 0 Å². The van der Waals surface area contributed by atoms with Crippen molar-refractivity contribution in [1.29, 1.82) is 0 Å². The van der Waals surface area contributed by atoms with Crippen molar-refractivity contribution in [3.05, 3.63) is 60.8 Å². The Morgan fingerprint density at radius 1 is 1.14 bits per heavy atom. The number of nitrogens with one attached hydrogen (secondary N) is 2. The smallest absolute Gasteiger partial charge is 0.254 e. The Kier molecular flexibility index (Phi) is 4.15. The Labute approximate surface area is 127 Å². The van der Waals surface area contributed by atoms with Gasteiger partial charge in [0.25, 0.3) is 5.91 Å². The second-order valence-corrected chi connectivity index (χ2v) is 4.56. The van der Waals surface area contributed by atoms with Crippen LogP contribution in [0.1, 0.15) is 10.4 Å². The maximum Gasteiger partial charge on any atom is 0.254 e. The van der Waals surface area contributed by atoms with Gasteiger partial charge in [-0.2, -0.15) is 0 Å². The van der Waals surface area contributed by atoms with Gasteiger partial charge in [0.2, 0.25) is 0 Å². The number of furan rings is 1. The van der Waals surface area contributed by atoms with Gasteiger partial charge >= 0.3 is 0 Å². The maximum atomic E-state index is 11.7. The Bertz CT molecular complexity index is 705. The highest BCUT2D eigenvalue weighted by Gasteiger charge is 2.05. The molecule has 0 aromatic carbocycles. The van der Waals surface area contributed by atoms with Crippen LogP contribution in [0.4, 0.5) is 5.82 Å². The zero-order chi connectivity index (χ0) is 15.2. The van der Waals surface area contributed by atoms with Crippen LogP contribution in [0.5, 0.6) is 0 Å². The van der Waals surface area contributed by atoms with E-state index in [0.717, 1.165) is 5.82 Å². The third kappa shape index (κ3) is 3.32. The molecule has 0 saturated heterocycles. The van der Waals surface area contributed by atoms with Gasteiger partial charge in [0.1, 0.15) is 12.1 Å². The van der Waals surface area contributed by atoms with Crippen LogP contribution < -0.4 is 10.6 Å². The molecule has 22 heavy (non-hydrogen) atoms. The Morgan fingerprint density at radius 3 is 2.68 bits per heavy atom. The van der Waals surface area contributed by atoms with Crippen LogP contribution in [0.25, 0.3) is 5.82 Å². The predicted octanol–water partition coefficient (Wildman–Crippen LogP) is 1.70. The molecule has 0 aliphatic rings. The molecule has 3 aromatic rings. The molecule has 0 aliphatic heterocycles. The molecule has 3 rings (SSSR count). The SMILES string of the molecule is O=C(NCCNc1ccc(-n2cccc2)nn1)c1ccoc1. The molecule has 0 unspecified atom stereocenters. The molecule has 0 bridgehead atoms. The summed E-state index contributed by atoms with van der Waals surface area (Å²) in [6.45, 7) is 1.03. The van der Waals surface area contributed by atoms with E-state index in [4.69, 9.17) is 4.42 Å². The summed E-state index contributed by atoms with van der Waals surface area (Å²) in [7, 11) is 0. The lowest BCUT2D eigenvalue weighted by atomic mass is 10.3. The van der Waals surface area contributed by atoms with Crippen LogP contribution in [0.3, 0.4) is 0 Å². The number of amides is 1. The summed E-state index contributed by atoms with van der Waals surface area (Å²) in [4.78, 5) is 11.7. The van der Waals surface area contributed by atoms with E-state index in [1.54, 1.807) is 6.07 Å². The first kappa shape index (κ1) is 13.9. The van der Waals surface area contributed by atoms with E-state index in [-0.39, 0.29) is 5.91 Å². The first-order valence-corrected chi connectivity index (χ1v) is 6.84. The normalized spacial score (nSPS) is 10.4. The monoisotopic (exact) mass is 297 g/mol. The summed E-state index contributed by atoms with van der Waals surface area (Å²) < 4.78 is 6.73. The average Bonchev–Trinajstić information content (AvgIpc) is 3.25. The van der Waals surface area contributed by atoms with Crippen molar-refractivity contribution in [1.82, 2.24) is 20.1 Å². The highest BCUT2D eigenvalue weighted by molar-refractivity contribution is 5.93. The third-order valence-electron chi connectivity index (χ3n) is 3.02. The number of carbonyl (C=O) groups is 1. The zero-order valence-corrected chi connectivity index (χ0v) is 11.8. The van der Waals surface area contributed by atoms with Gasteiger partial charge in [-0.1, -0.05) is 0 Å². The van der Waals surface area contributed by atoms with Crippen LogP contribution in [-0.4, -0.2) is 33.8 Å². The molecule has 7 nitrogen and oxygen atoms in total. The fraction of sp³-hybridized carbons (Fsp3) is 0.133. The van der Waals surface area contributed by atoms with Crippen LogP contribution in [0.15, 0.2) is 59.7 Å². The minimum Gasteiger partial charge on any atom is -0.472 e. The fourth-order valence-electron chi connectivity index (χ4n) is 1.91. The van der Waals surface area contributed by atoms with Crippen molar-refractivity contribution in [2.45, 2.75) is 0 Å². The summed E-state index contributed by atoms with van der Waals surface area (Å²) in [6, 6.07) is 9.20. The maximum absolute atomic E-state index is 11.7. The molecule has 112 valence electrons. The largest absolute Gasteiger partial charge is 0.472 e. The molecule has 0 aliphatic carbocycles. The van der Waals surface area contributed by atoms with Gasteiger partial charge in [0, 0.05) is 25.5 Å². The quantitative estimate of drug-likeness (QED) is 0.676. The molecule has 0 radical (unpaired) electrons. The molecule has 0 atom stereocenters. The topological polar surface area (TPSA) is 85.0 Å². The number of rotatable bonds is 6. The van der Waals surface area contributed by atoms with E-state index in [2.05, 4.69) is 20.8 Å². The molecule has 1 amide bonds. The van der Waals surface area contributed by atoms with Gasteiger partial charge in [0.05, 0.1) is 11.8 Å². The van der Waals surface area contributed by atoms with Gasteiger partial charge in [-0.3, -0.25) is 4.79 Å². The molecule has 0 saturated carbocycles. The number of hydrogen-bond donors (Lipinski definition) is 2. The van der Waals surface area contributed by atoms with E-state index in [0.29, 0.717) is 24.5 Å². The molecule has 3 heterocycles. The molecule has 3 aromatic heterocycles. The molecule has 0 spiro atoms. The van der Waals surface area contributed by atoms with E-state index >= 15 is 0 Å². The van der Waals surface area contributed by atoms with Gasteiger partial charge < -0.3 is 19.6 Å². The minimum absolute atomic E-state index is 0.162. The van der Waals surface area contributed by atoms with E-state index in [9.17, 15) is 4.79 Å². The number of nitrogens with zero attached hydrogens (tertiary/aromatic N) is 3. The van der Waals surface area contributed by atoms with Gasteiger partial charge in [-0.25, -0.2) is 0 Å². The average molecular weight is 297 g/mol. The molecular formula is C15H15N5O2. The molecule has 0 fully saturated rings. The van der Waals surface area contributed by atoms with Crippen molar-refractivity contribution in [2.75, 3.05) is 18.4 Å². The first-order valence-electron chi connectivity index (χ1n) is 6.84. The standard InChI is InChI=1S/C15H15N5O2/c21-15(12-5-10-22-11-12)17-7-6-16-13-3-4-14(19-18-13)20-8-1-2-9-20/h1-5,8-11H,6-7H2,(H,16,18)(H,17,21). The summed E-state index contributed by atoms with van der Waals surface area (Å²) in [6.07, 6.45) is 6.69. The summed E-state index contributed by atoms with van der Waals surface area (Å²) in [5.41, 5.74) is 0.510. The Hall–Kier alpha value is -3.09. The second kappa shape index (κ2) is 6.57. The minimum atomic E-state index is -0.162. The van der Waals surface area contributed by atoms with E-state index < -0.39 is 0 Å². The lowest BCUT2D eigenvalue weighted by Gasteiger charge is -2.07. The summed E-state index contributed by atoms with van der Waals surface area (Å²) in [5.74, 6) is 1.25. The van der Waals surface area contributed by atoms with Crippen molar-refractivity contribution < 1.29 is 9.21 Å². The van der Waals surface area contributed by atoms with Gasteiger partial charge in [-0.05, 0) is 30.3 Å². The van der Waals surface area contributed by atoms with Gasteiger partial charge in [-0.15, -0.1) is 10.2 Å². The van der Waals surface area contributed by atoms with E-state index in [1.807, 2.05) is 41.2 Å². The van der Waals surface area contributed by atoms with E-state index in [1.165, 1.54) is 12.5 Å².